The molecule has 0 N–H and O–H groups in total. The molecule has 0 fully saturated rings. The molecule has 2 unspecified atom stereocenters. The van der Waals surface area contributed by atoms with Crippen molar-refractivity contribution in [2.75, 3.05) is 0 Å². The average molecular weight is 656 g/mol. The minimum Gasteiger partial charge on any atom is -0.485 e. The molecule has 51 heavy (non-hydrogen) atoms. The molecule has 2 atom stereocenters. The quantitative estimate of drug-likeness (QED) is 0.190. The molecule has 0 bridgehead atoms. The van der Waals surface area contributed by atoms with Crippen LogP contribution in [0.5, 0.6) is 5.75 Å². The second-order valence-electron chi connectivity index (χ2n) is 14.5. The summed E-state index contributed by atoms with van der Waals surface area (Å²) < 4.78 is 8.97. The van der Waals surface area contributed by atoms with E-state index in [1.807, 2.05) is 12.1 Å². The summed E-state index contributed by atoms with van der Waals surface area (Å²) in [5, 5.41) is 3.58. The fourth-order valence-electron chi connectivity index (χ4n) is 9.03. The lowest BCUT2D eigenvalue weighted by Gasteiger charge is -2.24. The van der Waals surface area contributed by atoms with E-state index in [-0.39, 0.29) is 17.4 Å². The Morgan fingerprint density at radius 2 is 1.41 bits per heavy atom. The van der Waals surface area contributed by atoms with Crippen LogP contribution < -0.4 is 4.74 Å². The second kappa shape index (κ2) is 10.4. The lowest BCUT2D eigenvalue weighted by molar-refractivity contribution is 0.269. The van der Waals surface area contributed by atoms with Gasteiger partial charge < -0.3 is 9.30 Å². The predicted octanol–water partition coefficient (Wildman–Crippen LogP) is 11.3. The van der Waals surface area contributed by atoms with Gasteiger partial charge in [-0.1, -0.05) is 117 Å². The molecule has 2 aromatic heterocycles. The molecule has 8 aromatic rings. The summed E-state index contributed by atoms with van der Waals surface area (Å²) in [5.41, 5.74) is 14.0. The van der Waals surface area contributed by atoms with E-state index < -0.39 is 0 Å². The fourth-order valence-corrected chi connectivity index (χ4v) is 9.03. The smallest absolute Gasteiger partial charge is 0.160 e. The molecule has 0 radical (unpaired) electrons. The first-order valence-electron chi connectivity index (χ1n) is 17.8. The molecule has 3 aliphatic rings. The largest absolute Gasteiger partial charge is 0.485 e. The topological polar surface area (TPSA) is 39.9 Å². The number of hydrogen-bond donors (Lipinski definition) is 0. The SMILES string of the molecule is CC1(C)c2ccc3c(c2-c2ccc4c5ccccc5n(-c5ccc(-c6nc(-c7ccccc7)c7ccccc7n6)cc5)c4c21)C1C=CC=CC1O3. The van der Waals surface area contributed by atoms with Crippen LogP contribution in [0.25, 0.3) is 72.2 Å². The van der Waals surface area contributed by atoms with Gasteiger partial charge in [-0.25, -0.2) is 9.97 Å². The number of benzene rings is 6. The second-order valence-corrected chi connectivity index (χ2v) is 14.5. The van der Waals surface area contributed by atoms with E-state index >= 15 is 0 Å². The molecule has 3 heterocycles. The highest BCUT2D eigenvalue weighted by Crippen LogP contribution is 2.58. The van der Waals surface area contributed by atoms with Crippen molar-refractivity contribution in [3.63, 3.8) is 0 Å². The van der Waals surface area contributed by atoms with Crippen molar-refractivity contribution in [1.29, 1.82) is 0 Å². The molecular formula is C47H33N3O. The summed E-state index contributed by atoms with van der Waals surface area (Å²) in [7, 11) is 0. The third-order valence-electron chi connectivity index (χ3n) is 11.3. The first-order chi connectivity index (χ1) is 25.1. The summed E-state index contributed by atoms with van der Waals surface area (Å²) in [6.45, 7) is 4.78. The molecule has 6 aromatic carbocycles. The van der Waals surface area contributed by atoms with Gasteiger partial charge in [-0.3, -0.25) is 0 Å². The Morgan fingerprint density at radius 3 is 2.27 bits per heavy atom. The molecule has 0 spiro atoms. The Hall–Kier alpha value is -6.26. The maximum Gasteiger partial charge on any atom is 0.160 e. The maximum absolute atomic E-state index is 6.50. The first kappa shape index (κ1) is 28.6. The Kier molecular flexibility index (Phi) is 5.81. The van der Waals surface area contributed by atoms with Crippen molar-refractivity contribution in [2.24, 2.45) is 0 Å². The molecule has 4 nitrogen and oxygen atoms in total. The summed E-state index contributed by atoms with van der Waals surface area (Å²) in [6.07, 6.45) is 8.81. The molecule has 2 aliphatic carbocycles. The number of hydrogen-bond acceptors (Lipinski definition) is 3. The zero-order chi connectivity index (χ0) is 33.8. The lowest BCUT2D eigenvalue weighted by Crippen LogP contribution is -2.17. The number of aromatic nitrogens is 3. The minimum atomic E-state index is -0.218. The van der Waals surface area contributed by atoms with Crippen molar-refractivity contribution in [3.8, 4) is 45.2 Å². The van der Waals surface area contributed by atoms with Crippen molar-refractivity contribution in [2.45, 2.75) is 31.3 Å². The standard InChI is InChI=1S/C47H33N3O/c1-47(2)36-26-27-40-42(34-16-8-11-19-39(34)51-40)41(36)35-25-24-32-31-14-7-10-18-38(31)50(45(32)43(35)47)30-22-20-29(21-23-30)46-48-37-17-9-6-15-33(37)44(49-46)28-12-4-3-5-13-28/h3-27,34,39H,1-2H3. The highest BCUT2D eigenvalue weighted by Gasteiger charge is 2.44. The molecule has 4 heteroatoms. The van der Waals surface area contributed by atoms with Crippen molar-refractivity contribution in [1.82, 2.24) is 14.5 Å². The van der Waals surface area contributed by atoms with Crippen LogP contribution in [0.2, 0.25) is 0 Å². The summed E-state index contributed by atoms with van der Waals surface area (Å²) in [4.78, 5) is 10.2. The highest BCUT2D eigenvalue weighted by molar-refractivity contribution is 6.13. The van der Waals surface area contributed by atoms with E-state index in [1.54, 1.807) is 0 Å². The molecule has 242 valence electrons. The number of fused-ring (bicyclic) bond motifs is 12. The van der Waals surface area contributed by atoms with Gasteiger partial charge in [-0.15, -0.1) is 0 Å². The van der Waals surface area contributed by atoms with Gasteiger partial charge in [0, 0.05) is 49.9 Å². The van der Waals surface area contributed by atoms with Crippen LogP contribution in [0, 0.1) is 0 Å². The van der Waals surface area contributed by atoms with Crippen molar-refractivity contribution < 1.29 is 4.74 Å². The van der Waals surface area contributed by atoms with Crippen LogP contribution in [0.1, 0.15) is 36.5 Å². The van der Waals surface area contributed by atoms with Gasteiger partial charge in [0.2, 0.25) is 0 Å². The third kappa shape index (κ3) is 3.96. The Bertz CT molecular complexity index is 2810. The van der Waals surface area contributed by atoms with Crippen molar-refractivity contribution >= 4 is 32.7 Å². The van der Waals surface area contributed by atoms with E-state index in [4.69, 9.17) is 14.7 Å². The molecule has 11 rings (SSSR count). The van der Waals surface area contributed by atoms with Gasteiger partial charge in [0.25, 0.3) is 0 Å². The van der Waals surface area contributed by atoms with E-state index in [0.29, 0.717) is 0 Å². The minimum absolute atomic E-state index is 0.0488. The van der Waals surface area contributed by atoms with Gasteiger partial charge >= 0.3 is 0 Å². The average Bonchev–Trinajstić information content (AvgIpc) is 3.80. The van der Waals surface area contributed by atoms with Gasteiger partial charge in [0.05, 0.1) is 22.2 Å². The molecule has 0 amide bonds. The normalized spacial score (nSPS) is 17.8. The maximum atomic E-state index is 6.50. The predicted molar refractivity (Wildman–Crippen MR) is 208 cm³/mol. The number of para-hydroxylation sites is 2. The van der Waals surface area contributed by atoms with Crippen LogP contribution in [0.3, 0.4) is 0 Å². The van der Waals surface area contributed by atoms with Gasteiger partial charge in [0.15, 0.2) is 5.82 Å². The monoisotopic (exact) mass is 655 g/mol. The summed E-state index contributed by atoms with van der Waals surface area (Å²) >= 11 is 0. The van der Waals surface area contributed by atoms with Crippen LogP contribution in [-0.2, 0) is 5.41 Å². The zero-order valence-corrected chi connectivity index (χ0v) is 28.3. The number of rotatable bonds is 3. The van der Waals surface area contributed by atoms with Gasteiger partial charge in [0.1, 0.15) is 11.9 Å². The number of ether oxygens (including phenoxy) is 1. The summed E-state index contributed by atoms with van der Waals surface area (Å²) in [5.74, 6) is 1.95. The Labute approximate surface area is 296 Å². The Balaban J connectivity index is 1.11. The molecule has 1 aliphatic heterocycles. The van der Waals surface area contributed by atoms with E-state index in [1.165, 1.54) is 49.6 Å². The fraction of sp³-hybridized carbons (Fsp3) is 0.106. The Morgan fingerprint density at radius 1 is 0.647 bits per heavy atom. The van der Waals surface area contributed by atoms with E-state index in [9.17, 15) is 0 Å². The van der Waals surface area contributed by atoms with Gasteiger partial charge in [-0.05, 0) is 70.8 Å². The van der Waals surface area contributed by atoms with Gasteiger partial charge in [-0.2, -0.15) is 0 Å². The van der Waals surface area contributed by atoms with E-state index in [2.05, 4.69) is 158 Å². The molecule has 0 saturated heterocycles. The van der Waals surface area contributed by atoms with Crippen LogP contribution in [0.4, 0.5) is 0 Å². The third-order valence-corrected chi connectivity index (χ3v) is 11.3. The summed E-state index contributed by atoms with van der Waals surface area (Å²) in [6, 6.07) is 45.5. The number of allylic oxidation sites excluding steroid dienone is 2. The number of nitrogens with zero attached hydrogens (tertiary/aromatic N) is 3. The van der Waals surface area contributed by atoms with Crippen molar-refractivity contribution in [3.05, 3.63) is 168 Å². The van der Waals surface area contributed by atoms with Crippen LogP contribution in [-0.4, -0.2) is 20.6 Å². The zero-order valence-electron chi connectivity index (χ0n) is 28.3. The first-order valence-corrected chi connectivity index (χ1v) is 17.8. The van der Waals surface area contributed by atoms with E-state index in [0.717, 1.165) is 45.0 Å². The van der Waals surface area contributed by atoms with Crippen LogP contribution in [0.15, 0.2) is 152 Å². The molecule has 0 saturated carbocycles. The molecular weight excluding hydrogens is 623 g/mol. The van der Waals surface area contributed by atoms with Crippen LogP contribution >= 0.6 is 0 Å². The highest BCUT2D eigenvalue weighted by atomic mass is 16.5. The lowest BCUT2D eigenvalue weighted by atomic mass is 9.80.